The van der Waals surface area contributed by atoms with Gasteiger partial charge in [-0.2, -0.15) is 0 Å². The van der Waals surface area contributed by atoms with Crippen molar-refractivity contribution in [2.75, 3.05) is 26.2 Å². The smallest absolute Gasteiger partial charge is 0.289 e. The summed E-state index contributed by atoms with van der Waals surface area (Å²) in [4.78, 5) is 14.0. The summed E-state index contributed by atoms with van der Waals surface area (Å²) in [6, 6.07) is 9.41. The molecule has 0 unspecified atom stereocenters. The fourth-order valence-corrected chi connectivity index (χ4v) is 2.25. The maximum Gasteiger partial charge on any atom is 0.289 e. The van der Waals surface area contributed by atoms with E-state index in [1.165, 1.54) is 12.1 Å². The van der Waals surface area contributed by atoms with E-state index in [1.54, 1.807) is 29.2 Å². The molecule has 21 heavy (non-hydrogen) atoms. The highest BCUT2D eigenvalue weighted by Crippen LogP contribution is 2.23. The molecule has 1 N–H and O–H groups in total. The summed E-state index contributed by atoms with van der Waals surface area (Å²) in [6.07, 6.45) is 0. The van der Waals surface area contributed by atoms with Gasteiger partial charge in [-0.05, 0) is 36.4 Å². The van der Waals surface area contributed by atoms with E-state index in [0.29, 0.717) is 24.6 Å². The van der Waals surface area contributed by atoms with Crippen LogP contribution >= 0.6 is 12.4 Å². The fraction of sp³-hybridized carbons (Fsp3) is 0.267. The predicted molar refractivity (Wildman–Crippen MR) is 80.1 cm³/mol. The summed E-state index contributed by atoms with van der Waals surface area (Å²) in [5.41, 5.74) is 0.755. The molecule has 112 valence electrons. The van der Waals surface area contributed by atoms with Gasteiger partial charge in [-0.25, -0.2) is 4.39 Å². The van der Waals surface area contributed by atoms with Crippen molar-refractivity contribution in [3.8, 4) is 11.3 Å². The molecule has 0 aliphatic carbocycles. The molecule has 0 spiro atoms. The highest BCUT2D eigenvalue weighted by Gasteiger charge is 2.21. The largest absolute Gasteiger partial charge is 0.451 e. The molecule has 0 radical (unpaired) electrons. The van der Waals surface area contributed by atoms with E-state index in [9.17, 15) is 9.18 Å². The van der Waals surface area contributed by atoms with Gasteiger partial charge in [-0.15, -0.1) is 12.4 Å². The Labute approximate surface area is 128 Å². The monoisotopic (exact) mass is 310 g/mol. The van der Waals surface area contributed by atoms with Gasteiger partial charge < -0.3 is 14.6 Å². The van der Waals surface area contributed by atoms with Gasteiger partial charge in [-0.3, -0.25) is 4.79 Å². The molecule has 0 saturated carbocycles. The van der Waals surface area contributed by atoms with Gasteiger partial charge in [0.15, 0.2) is 5.76 Å². The fourth-order valence-electron chi connectivity index (χ4n) is 2.25. The van der Waals surface area contributed by atoms with E-state index in [1.807, 2.05) is 0 Å². The van der Waals surface area contributed by atoms with Gasteiger partial charge in [0, 0.05) is 31.7 Å². The van der Waals surface area contributed by atoms with Crippen LogP contribution in [0.25, 0.3) is 11.3 Å². The first kappa shape index (κ1) is 15.5. The van der Waals surface area contributed by atoms with E-state index in [-0.39, 0.29) is 24.1 Å². The zero-order valence-electron chi connectivity index (χ0n) is 11.3. The number of benzene rings is 1. The highest BCUT2D eigenvalue weighted by atomic mass is 35.5. The van der Waals surface area contributed by atoms with E-state index < -0.39 is 0 Å². The Morgan fingerprint density at radius 1 is 1.10 bits per heavy atom. The average molecular weight is 311 g/mol. The minimum absolute atomic E-state index is 0. The maximum atomic E-state index is 12.9. The number of halogens is 2. The predicted octanol–water partition coefficient (Wildman–Crippen LogP) is 2.55. The van der Waals surface area contributed by atoms with Crippen molar-refractivity contribution in [1.29, 1.82) is 0 Å². The minimum atomic E-state index is -0.294. The van der Waals surface area contributed by atoms with Crippen molar-refractivity contribution in [1.82, 2.24) is 10.2 Å². The first-order valence-electron chi connectivity index (χ1n) is 6.60. The molecule has 1 aromatic carbocycles. The van der Waals surface area contributed by atoms with E-state index >= 15 is 0 Å². The number of nitrogens with zero attached hydrogens (tertiary/aromatic N) is 1. The minimum Gasteiger partial charge on any atom is -0.451 e. The van der Waals surface area contributed by atoms with Gasteiger partial charge in [0.1, 0.15) is 11.6 Å². The Balaban J connectivity index is 0.00000161. The molecule has 1 aromatic heterocycles. The normalized spacial score (nSPS) is 14.6. The zero-order chi connectivity index (χ0) is 13.9. The third-order valence-corrected chi connectivity index (χ3v) is 3.35. The molecule has 1 aliphatic heterocycles. The number of amides is 1. The molecule has 3 rings (SSSR count). The number of rotatable bonds is 2. The summed E-state index contributed by atoms with van der Waals surface area (Å²) >= 11 is 0. The molecule has 4 nitrogen and oxygen atoms in total. The summed E-state index contributed by atoms with van der Waals surface area (Å²) < 4.78 is 18.5. The topological polar surface area (TPSA) is 45.5 Å². The van der Waals surface area contributed by atoms with Crippen LogP contribution in [0.1, 0.15) is 10.6 Å². The second-order valence-electron chi connectivity index (χ2n) is 4.71. The van der Waals surface area contributed by atoms with Gasteiger partial charge in [-0.1, -0.05) is 0 Å². The second-order valence-corrected chi connectivity index (χ2v) is 4.71. The molecule has 1 amide bonds. The van der Waals surface area contributed by atoms with E-state index in [2.05, 4.69) is 5.32 Å². The molecule has 1 saturated heterocycles. The van der Waals surface area contributed by atoms with Gasteiger partial charge >= 0.3 is 0 Å². The highest BCUT2D eigenvalue weighted by molar-refractivity contribution is 5.92. The number of furan rings is 1. The van der Waals surface area contributed by atoms with Crippen LogP contribution in [0.5, 0.6) is 0 Å². The Morgan fingerprint density at radius 3 is 2.43 bits per heavy atom. The molecule has 2 heterocycles. The Hall–Kier alpha value is -1.85. The average Bonchev–Trinajstić information content (AvgIpc) is 2.98. The Bertz CT molecular complexity index is 606. The van der Waals surface area contributed by atoms with Crippen molar-refractivity contribution in [2.24, 2.45) is 0 Å². The molecular weight excluding hydrogens is 295 g/mol. The molecular formula is C15H16ClFN2O2. The van der Waals surface area contributed by atoms with E-state index in [4.69, 9.17) is 4.42 Å². The van der Waals surface area contributed by atoms with Crippen molar-refractivity contribution in [2.45, 2.75) is 0 Å². The maximum absolute atomic E-state index is 12.9. The molecule has 0 atom stereocenters. The third-order valence-electron chi connectivity index (χ3n) is 3.35. The summed E-state index contributed by atoms with van der Waals surface area (Å²) in [6.45, 7) is 2.98. The van der Waals surface area contributed by atoms with Gasteiger partial charge in [0.25, 0.3) is 5.91 Å². The molecule has 2 aromatic rings. The lowest BCUT2D eigenvalue weighted by Crippen LogP contribution is -2.46. The Morgan fingerprint density at radius 2 is 1.76 bits per heavy atom. The molecule has 6 heteroatoms. The van der Waals surface area contributed by atoms with Crippen molar-refractivity contribution in [3.63, 3.8) is 0 Å². The lowest BCUT2D eigenvalue weighted by molar-refractivity contribution is 0.0704. The van der Waals surface area contributed by atoms with Crippen molar-refractivity contribution < 1.29 is 13.6 Å². The molecule has 1 fully saturated rings. The zero-order valence-corrected chi connectivity index (χ0v) is 12.2. The summed E-state index contributed by atoms with van der Waals surface area (Å²) in [5.74, 6) is 0.506. The number of carbonyl (C=O) groups is 1. The second kappa shape index (κ2) is 6.74. The lowest BCUT2D eigenvalue weighted by Gasteiger charge is -2.26. The third kappa shape index (κ3) is 3.43. The lowest BCUT2D eigenvalue weighted by atomic mass is 10.2. The first-order valence-corrected chi connectivity index (χ1v) is 6.60. The quantitative estimate of drug-likeness (QED) is 0.927. The van der Waals surface area contributed by atoms with Crippen LogP contribution < -0.4 is 5.32 Å². The van der Waals surface area contributed by atoms with Crippen LogP contribution in [0.2, 0.25) is 0 Å². The summed E-state index contributed by atoms with van der Waals surface area (Å²) in [7, 11) is 0. The Kier molecular flexibility index (Phi) is 4.98. The first-order chi connectivity index (χ1) is 9.74. The number of carbonyl (C=O) groups excluding carboxylic acids is 1. The van der Waals surface area contributed by atoms with Crippen molar-refractivity contribution in [3.05, 3.63) is 48.0 Å². The van der Waals surface area contributed by atoms with Gasteiger partial charge in [0.05, 0.1) is 0 Å². The molecule has 0 bridgehead atoms. The molecule has 1 aliphatic rings. The standard InChI is InChI=1S/C15H15FN2O2.ClH/c16-12-3-1-11(2-4-12)13-5-6-14(20-13)15(19)18-9-7-17-8-10-18;/h1-6,17H,7-10H2;1H. The number of piperazine rings is 1. The van der Waals surface area contributed by atoms with Crippen LogP contribution in [0.15, 0.2) is 40.8 Å². The van der Waals surface area contributed by atoms with Crippen molar-refractivity contribution >= 4 is 18.3 Å². The van der Waals surface area contributed by atoms with Crippen LogP contribution in [0.4, 0.5) is 4.39 Å². The van der Waals surface area contributed by atoms with E-state index in [0.717, 1.165) is 18.7 Å². The number of hydrogen-bond acceptors (Lipinski definition) is 3. The van der Waals surface area contributed by atoms with Crippen LogP contribution in [0, 0.1) is 5.82 Å². The van der Waals surface area contributed by atoms with Crippen LogP contribution in [-0.2, 0) is 0 Å². The number of nitrogens with one attached hydrogen (secondary N) is 1. The number of hydrogen-bond donors (Lipinski definition) is 1. The van der Waals surface area contributed by atoms with Crippen LogP contribution in [-0.4, -0.2) is 37.0 Å². The van der Waals surface area contributed by atoms with Gasteiger partial charge in [0.2, 0.25) is 0 Å². The summed E-state index contributed by atoms with van der Waals surface area (Å²) in [5, 5.41) is 3.20. The van der Waals surface area contributed by atoms with Crippen LogP contribution in [0.3, 0.4) is 0 Å². The SMILES string of the molecule is Cl.O=C(c1ccc(-c2ccc(F)cc2)o1)N1CCNCC1.